The highest BCUT2D eigenvalue weighted by atomic mass is 19.4. The van der Waals surface area contributed by atoms with E-state index in [2.05, 4.69) is 9.97 Å². The molecule has 31 heavy (non-hydrogen) atoms. The Kier molecular flexibility index (Phi) is 5.40. The molecule has 0 unspecified atom stereocenters. The summed E-state index contributed by atoms with van der Waals surface area (Å²) in [5.74, 6) is -0.603. The molecule has 4 rings (SSSR count). The number of alkyl halides is 3. The van der Waals surface area contributed by atoms with E-state index >= 15 is 0 Å². The molecule has 162 valence electrons. The van der Waals surface area contributed by atoms with Crippen molar-refractivity contribution in [1.82, 2.24) is 9.97 Å². The number of halogens is 3. The largest absolute Gasteiger partial charge is 0.448 e. The lowest BCUT2D eigenvalue weighted by Crippen LogP contribution is -2.53. The van der Waals surface area contributed by atoms with Gasteiger partial charge >= 0.3 is 6.18 Å². The van der Waals surface area contributed by atoms with E-state index in [9.17, 15) is 23.1 Å². The van der Waals surface area contributed by atoms with E-state index in [1.165, 1.54) is 0 Å². The lowest BCUT2D eigenvalue weighted by molar-refractivity contribution is -0.143. The lowest BCUT2D eigenvalue weighted by atomic mass is 9.73. The molecule has 0 atom stereocenters. The quantitative estimate of drug-likeness (QED) is 0.640. The first-order valence-electron chi connectivity index (χ1n) is 9.53. The molecule has 1 aliphatic rings. The number of aliphatic hydroxyl groups is 1. The number of carbonyl (C=O) groups is 1. The van der Waals surface area contributed by atoms with Crippen LogP contribution in [0.4, 0.5) is 13.2 Å². The minimum atomic E-state index is -4.63. The first-order chi connectivity index (χ1) is 14.7. The third kappa shape index (κ3) is 3.98. The molecule has 3 heterocycles. The Labute approximate surface area is 175 Å². The second-order valence-electron chi connectivity index (χ2n) is 7.52. The van der Waals surface area contributed by atoms with Crippen molar-refractivity contribution in [3.05, 3.63) is 71.2 Å². The van der Waals surface area contributed by atoms with Gasteiger partial charge in [0, 0.05) is 17.5 Å². The van der Waals surface area contributed by atoms with Gasteiger partial charge in [0.15, 0.2) is 11.5 Å². The van der Waals surface area contributed by atoms with E-state index in [0.717, 1.165) is 22.4 Å². The van der Waals surface area contributed by atoms with E-state index in [1.807, 2.05) is 19.1 Å². The Morgan fingerprint density at radius 2 is 1.94 bits per heavy atom. The van der Waals surface area contributed by atoms with Crippen LogP contribution in [0.3, 0.4) is 0 Å². The number of pyridine rings is 1. The van der Waals surface area contributed by atoms with Crippen LogP contribution in [0.1, 0.15) is 28.4 Å². The van der Waals surface area contributed by atoms with Gasteiger partial charge in [-0.05, 0) is 29.7 Å². The van der Waals surface area contributed by atoms with Gasteiger partial charge in [-0.2, -0.15) is 13.2 Å². The standard InChI is InChI=1S/C22H19F3N2O4/c1-13-6-15(9-28)17(8-26-13)14-2-4-16(5-3-14)21(11-30-12-21)19(29)7-20-27-18(10-31-20)22(23,24)25/h2-6,8,10,28H,7,9,11-12H2,1H3. The molecule has 2 aromatic heterocycles. The van der Waals surface area contributed by atoms with E-state index in [1.54, 1.807) is 24.4 Å². The first kappa shape index (κ1) is 21.2. The van der Waals surface area contributed by atoms with Gasteiger partial charge in [0.25, 0.3) is 0 Å². The number of benzene rings is 1. The molecule has 0 aliphatic carbocycles. The van der Waals surface area contributed by atoms with Crippen LogP contribution >= 0.6 is 0 Å². The van der Waals surface area contributed by atoms with Crippen LogP contribution in [-0.4, -0.2) is 34.1 Å². The summed E-state index contributed by atoms with van der Waals surface area (Å²) >= 11 is 0. The zero-order valence-corrected chi connectivity index (χ0v) is 16.6. The third-order valence-electron chi connectivity index (χ3n) is 5.43. The molecular weight excluding hydrogens is 413 g/mol. The Hall–Kier alpha value is -3.04. The van der Waals surface area contributed by atoms with Crippen molar-refractivity contribution in [2.45, 2.75) is 31.5 Å². The number of carbonyl (C=O) groups excluding carboxylic acids is 1. The Bertz CT molecular complexity index is 1100. The molecule has 1 saturated heterocycles. The summed E-state index contributed by atoms with van der Waals surface area (Å²) in [4.78, 5) is 20.6. The molecule has 9 heteroatoms. The Morgan fingerprint density at radius 1 is 1.23 bits per heavy atom. The van der Waals surface area contributed by atoms with Gasteiger partial charge in [0.05, 0.1) is 26.2 Å². The molecule has 1 N–H and O–H groups in total. The van der Waals surface area contributed by atoms with Crippen molar-refractivity contribution >= 4 is 5.78 Å². The van der Waals surface area contributed by atoms with E-state index in [-0.39, 0.29) is 37.9 Å². The van der Waals surface area contributed by atoms with E-state index in [4.69, 9.17) is 9.15 Å². The van der Waals surface area contributed by atoms with E-state index < -0.39 is 17.3 Å². The first-order valence-corrected chi connectivity index (χ1v) is 9.53. The van der Waals surface area contributed by atoms with Crippen molar-refractivity contribution < 1.29 is 32.2 Å². The van der Waals surface area contributed by atoms with Crippen molar-refractivity contribution in [3.8, 4) is 11.1 Å². The molecule has 1 aliphatic heterocycles. The van der Waals surface area contributed by atoms with Crippen LogP contribution in [0, 0.1) is 6.92 Å². The summed E-state index contributed by atoms with van der Waals surface area (Å²) in [6.07, 6.45) is -2.80. The van der Waals surface area contributed by atoms with Crippen LogP contribution in [0.25, 0.3) is 11.1 Å². The summed E-state index contributed by atoms with van der Waals surface area (Å²) in [6, 6.07) is 9.02. The number of nitrogens with zero attached hydrogens (tertiary/aromatic N) is 2. The zero-order chi connectivity index (χ0) is 22.2. The van der Waals surface area contributed by atoms with Gasteiger partial charge < -0.3 is 14.3 Å². The SMILES string of the molecule is Cc1cc(CO)c(-c2ccc(C3(C(=O)Cc4nc(C(F)(F)F)co4)COC3)cc2)cn1. The summed E-state index contributed by atoms with van der Waals surface area (Å²) in [6.45, 7) is 1.97. The highest BCUT2D eigenvalue weighted by Gasteiger charge is 2.47. The fourth-order valence-corrected chi connectivity index (χ4v) is 3.60. The minimum absolute atomic E-state index is 0.131. The minimum Gasteiger partial charge on any atom is -0.448 e. The van der Waals surface area contributed by atoms with Crippen LogP contribution in [-0.2, 0) is 34.2 Å². The summed E-state index contributed by atoms with van der Waals surface area (Å²) < 4.78 is 48.3. The predicted molar refractivity (Wildman–Crippen MR) is 103 cm³/mol. The number of hydrogen-bond donors (Lipinski definition) is 1. The third-order valence-corrected chi connectivity index (χ3v) is 5.43. The van der Waals surface area contributed by atoms with Crippen LogP contribution in [0.5, 0.6) is 0 Å². The van der Waals surface area contributed by atoms with Crippen LogP contribution in [0.15, 0.2) is 47.2 Å². The molecular formula is C22H19F3N2O4. The van der Waals surface area contributed by atoms with E-state index in [0.29, 0.717) is 11.8 Å². The molecule has 3 aromatic rings. The predicted octanol–water partition coefficient (Wildman–Crippen LogP) is 3.64. The smallest absolute Gasteiger partial charge is 0.436 e. The van der Waals surface area contributed by atoms with Crippen LogP contribution < -0.4 is 0 Å². The maximum absolute atomic E-state index is 13.0. The maximum atomic E-state index is 13.0. The van der Waals surface area contributed by atoms with Gasteiger partial charge in [-0.1, -0.05) is 24.3 Å². The molecule has 0 radical (unpaired) electrons. The molecule has 1 fully saturated rings. The number of aryl methyl sites for hydroxylation is 1. The highest BCUT2D eigenvalue weighted by molar-refractivity contribution is 5.92. The number of aromatic nitrogens is 2. The zero-order valence-electron chi connectivity index (χ0n) is 16.6. The summed E-state index contributed by atoms with van der Waals surface area (Å²) in [7, 11) is 0. The van der Waals surface area contributed by atoms with Gasteiger partial charge in [-0.3, -0.25) is 9.78 Å². The molecule has 0 amide bonds. The second kappa shape index (κ2) is 7.90. The van der Waals surface area contributed by atoms with Gasteiger partial charge in [-0.25, -0.2) is 4.98 Å². The monoisotopic (exact) mass is 432 g/mol. The summed E-state index contributed by atoms with van der Waals surface area (Å²) in [5.41, 5.74) is 1.71. The van der Waals surface area contributed by atoms with Gasteiger partial charge in [-0.15, -0.1) is 0 Å². The fraction of sp³-hybridized carbons (Fsp3) is 0.318. The average molecular weight is 432 g/mol. The Morgan fingerprint density at radius 3 is 2.48 bits per heavy atom. The van der Waals surface area contributed by atoms with Crippen LogP contribution in [0.2, 0.25) is 0 Å². The molecule has 6 nitrogen and oxygen atoms in total. The number of Topliss-reactive ketones (excluding diaryl/α,β-unsaturated/α-hetero) is 1. The number of hydrogen-bond acceptors (Lipinski definition) is 6. The van der Waals surface area contributed by atoms with Crippen molar-refractivity contribution in [1.29, 1.82) is 0 Å². The molecule has 0 bridgehead atoms. The normalized spacial score (nSPS) is 15.5. The number of rotatable bonds is 6. The highest BCUT2D eigenvalue weighted by Crippen LogP contribution is 2.36. The fourth-order valence-electron chi connectivity index (χ4n) is 3.60. The molecule has 0 spiro atoms. The number of ether oxygens (including phenoxy) is 1. The number of aliphatic hydroxyl groups excluding tert-OH is 1. The van der Waals surface area contributed by atoms with Crippen molar-refractivity contribution in [2.24, 2.45) is 0 Å². The molecule has 0 saturated carbocycles. The average Bonchev–Trinajstić information content (AvgIpc) is 3.16. The Balaban J connectivity index is 1.57. The lowest BCUT2D eigenvalue weighted by Gasteiger charge is -2.40. The van der Waals surface area contributed by atoms with Crippen molar-refractivity contribution in [2.75, 3.05) is 13.2 Å². The number of ketones is 1. The summed E-state index contributed by atoms with van der Waals surface area (Å²) in [5, 5.41) is 9.63. The topological polar surface area (TPSA) is 85.5 Å². The second-order valence-corrected chi connectivity index (χ2v) is 7.52. The van der Waals surface area contributed by atoms with Gasteiger partial charge in [0.2, 0.25) is 5.89 Å². The maximum Gasteiger partial charge on any atom is 0.436 e. The van der Waals surface area contributed by atoms with Crippen molar-refractivity contribution in [3.63, 3.8) is 0 Å². The molecule has 1 aromatic carbocycles. The number of oxazole rings is 1. The van der Waals surface area contributed by atoms with Gasteiger partial charge in [0.1, 0.15) is 11.7 Å².